The van der Waals surface area contributed by atoms with E-state index in [0.717, 1.165) is 5.92 Å². The molecule has 0 radical (unpaired) electrons. The molecule has 1 heterocycles. The van der Waals surface area contributed by atoms with Crippen LogP contribution in [0.3, 0.4) is 0 Å². The normalized spacial score (nSPS) is 29.0. The molecule has 84 valence electrons. The minimum absolute atomic E-state index is 0.0848. The highest BCUT2D eigenvalue weighted by Crippen LogP contribution is 2.34. The molecule has 1 aromatic heterocycles. The summed E-state index contributed by atoms with van der Waals surface area (Å²) in [5.41, 5.74) is 7.13. The van der Waals surface area contributed by atoms with Gasteiger partial charge in [0.25, 0.3) is 0 Å². The molecule has 1 aliphatic carbocycles. The molecule has 0 aromatic carbocycles. The van der Waals surface area contributed by atoms with Gasteiger partial charge in [0.15, 0.2) is 0 Å². The molecule has 2 rings (SSSR count). The van der Waals surface area contributed by atoms with Gasteiger partial charge in [-0.3, -0.25) is 0 Å². The third-order valence-corrected chi connectivity index (χ3v) is 3.59. The summed E-state index contributed by atoms with van der Waals surface area (Å²) in [7, 11) is 0. The number of rotatable bonds is 2. The number of nitrogens with two attached hydrogens (primary N) is 1. The molecule has 1 fully saturated rings. The van der Waals surface area contributed by atoms with Crippen LogP contribution < -0.4 is 5.73 Å². The Balaban J connectivity index is 2.23. The molecule has 3 heteroatoms. The lowest BCUT2D eigenvalue weighted by Gasteiger charge is -2.31. The van der Waals surface area contributed by atoms with Crippen LogP contribution in [0.15, 0.2) is 12.5 Å². The number of hydrogen-bond donors (Lipinski definition) is 1. The predicted molar refractivity (Wildman–Crippen MR) is 61.5 cm³/mol. The Morgan fingerprint density at radius 3 is 2.87 bits per heavy atom. The lowest BCUT2D eigenvalue weighted by Crippen LogP contribution is -2.24. The zero-order valence-electron chi connectivity index (χ0n) is 9.69. The Labute approximate surface area is 91.7 Å². The van der Waals surface area contributed by atoms with Crippen LogP contribution in [0.4, 0.5) is 0 Å². The highest BCUT2D eigenvalue weighted by molar-refractivity contribution is 5.05. The van der Waals surface area contributed by atoms with Gasteiger partial charge in [-0.05, 0) is 25.7 Å². The van der Waals surface area contributed by atoms with Gasteiger partial charge in [-0.15, -0.1) is 0 Å². The molecule has 0 spiro atoms. The summed E-state index contributed by atoms with van der Waals surface area (Å²) in [5, 5.41) is 0. The third kappa shape index (κ3) is 2.07. The predicted octanol–water partition coefficient (Wildman–Crippen LogP) is 2.65. The quantitative estimate of drug-likeness (QED) is 0.810. The van der Waals surface area contributed by atoms with E-state index in [2.05, 4.69) is 16.5 Å². The standard InChI is InChI=1S/C12H21N3/c1-9-5-3-4-6-11(9)15-8-14-7-12(15)10(2)13/h7-11H,3-6,13H2,1-2H3/t9?,10-,11?/m1/s1. The first-order valence-corrected chi connectivity index (χ1v) is 5.97. The molecule has 0 bridgehead atoms. The highest BCUT2D eigenvalue weighted by atomic mass is 15.1. The van der Waals surface area contributed by atoms with Gasteiger partial charge in [-0.1, -0.05) is 19.8 Å². The minimum Gasteiger partial charge on any atom is -0.330 e. The van der Waals surface area contributed by atoms with Crippen LogP contribution in [0, 0.1) is 5.92 Å². The van der Waals surface area contributed by atoms with E-state index in [1.54, 1.807) is 0 Å². The fraction of sp³-hybridized carbons (Fsp3) is 0.750. The van der Waals surface area contributed by atoms with Crippen molar-refractivity contribution in [1.82, 2.24) is 9.55 Å². The van der Waals surface area contributed by atoms with Gasteiger partial charge in [0.2, 0.25) is 0 Å². The van der Waals surface area contributed by atoms with Crippen molar-refractivity contribution < 1.29 is 0 Å². The molecule has 3 nitrogen and oxygen atoms in total. The summed E-state index contributed by atoms with van der Waals surface area (Å²) in [4.78, 5) is 4.24. The molecule has 1 saturated carbocycles. The number of hydrogen-bond acceptors (Lipinski definition) is 2. The monoisotopic (exact) mass is 207 g/mol. The van der Waals surface area contributed by atoms with E-state index in [9.17, 15) is 0 Å². The topological polar surface area (TPSA) is 43.8 Å². The van der Waals surface area contributed by atoms with Gasteiger partial charge in [0.05, 0.1) is 12.0 Å². The summed E-state index contributed by atoms with van der Waals surface area (Å²) < 4.78 is 2.30. The maximum Gasteiger partial charge on any atom is 0.0951 e. The largest absolute Gasteiger partial charge is 0.330 e. The van der Waals surface area contributed by atoms with Crippen molar-refractivity contribution in [1.29, 1.82) is 0 Å². The summed E-state index contributed by atoms with van der Waals surface area (Å²) in [6.07, 6.45) is 9.18. The average Bonchev–Trinajstić information content (AvgIpc) is 2.67. The van der Waals surface area contributed by atoms with E-state index in [1.807, 2.05) is 19.4 Å². The van der Waals surface area contributed by atoms with Gasteiger partial charge in [0.1, 0.15) is 0 Å². The molecule has 3 atom stereocenters. The van der Waals surface area contributed by atoms with Crippen LogP contribution in [-0.4, -0.2) is 9.55 Å². The van der Waals surface area contributed by atoms with Crippen LogP contribution >= 0.6 is 0 Å². The number of imidazole rings is 1. The second-order valence-corrected chi connectivity index (χ2v) is 4.84. The summed E-state index contributed by atoms with van der Waals surface area (Å²) in [6.45, 7) is 4.37. The number of nitrogens with zero attached hydrogens (tertiary/aromatic N) is 2. The summed E-state index contributed by atoms with van der Waals surface area (Å²) in [5.74, 6) is 0.755. The first-order chi connectivity index (χ1) is 7.20. The van der Waals surface area contributed by atoms with Gasteiger partial charge in [-0.2, -0.15) is 0 Å². The van der Waals surface area contributed by atoms with E-state index >= 15 is 0 Å². The molecule has 15 heavy (non-hydrogen) atoms. The highest BCUT2D eigenvalue weighted by Gasteiger charge is 2.24. The van der Waals surface area contributed by atoms with Crippen molar-refractivity contribution in [2.75, 3.05) is 0 Å². The Morgan fingerprint density at radius 1 is 1.47 bits per heavy atom. The van der Waals surface area contributed by atoms with Crippen molar-refractivity contribution in [3.63, 3.8) is 0 Å². The molecule has 2 unspecified atom stereocenters. The summed E-state index contributed by atoms with van der Waals surface area (Å²) in [6, 6.07) is 0.698. The van der Waals surface area contributed by atoms with Gasteiger partial charge in [-0.25, -0.2) is 4.98 Å². The van der Waals surface area contributed by atoms with E-state index in [-0.39, 0.29) is 6.04 Å². The Kier molecular flexibility index (Phi) is 3.10. The molecule has 1 aliphatic rings. The maximum atomic E-state index is 5.95. The molecule has 0 saturated heterocycles. The lowest BCUT2D eigenvalue weighted by molar-refractivity contribution is 0.251. The average molecular weight is 207 g/mol. The molecular weight excluding hydrogens is 186 g/mol. The van der Waals surface area contributed by atoms with Crippen LogP contribution in [-0.2, 0) is 0 Å². The van der Waals surface area contributed by atoms with E-state index < -0.39 is 0 Å². The smallest absolute Gasteiger partial charge is 0.0951 e. The number of aromatic nitrogens is 2. The van der Waals surface area contributed by atoms with Crippen molar-refractivity contribution >= 4 is 0 Å². The Bertz CT molecular complexity index is 316. The molecule has 0 aliphatic heterocycles. The van der Waals surface area contributed by atoms with Crippen molar-refractivity contribution in [2.45, 2.75) is 51.6 Å². The van der Waals surface area contributed by atoms with Gasteiger partial charge < -0.3 is 10.3 Å². The zero-order valence-corrected chi connectivity index (χ0v) is 9.69. The minimum atomic E-state index is 0.0848. The Hall–Kier alpha value is -0.830. The van der Waals surface area contributed by atoms with Crippen LogP contribution in [0.25, 0.3) is 0 Å². The van der Waals surface area contributed by atoms with Crippen LogP contribution in [0.5, 0.6) is 0 Å². The van der Waals surface area contributed by atoms with Crippen LogP contribution in [0.1, 0.15) is 57.3 Å². The van der Waals surface area contributed by atoms with E-state index in [1.165, 1.54) is 31.4 Å². The lowest BCUT2D eigenvalue weighted by atomic mass is 9.85. The SMILES string of the molecule is CC1CCCCC1n1cncc1[C@@H](C)N. The zero-order chi connectivity index (χ0) is 10.8. The van der Waals surface area contributed by atoms with Gasteiger partial charge in [0, 0.05) is 18.3 Å². The summed E-state index contributed by atoms with van der Waals surface area (Å²) >= 11 is 0. The second kappa shape index (κ2) is 4.35. The van der Waals surface area contributed by atoms with Crippen molar-refractivity contribution in [3.8, 4) is 0 Å². The van der Waals surface area contributed by atoms with E-state index in [4.69, 9.17) is 5.73 Å². The van der Waals surface area contributed by atoms with Crippen molar-refractivity contribution in [3.05, 3.63) is 18.2 Å². The van der Waals surface area contributed by atoms with Gasteiger partial charge >= 0.3 is 0 Å². The molecular formula is C12H21N3. The molecule has 2 N–H and O–H groups in total. The molecule has 1 aromatic rings. The fourth-order valence-electron chi connectivity index (χ4n) is 2.65. The third-order valence-electron chi connectivity index (χ3n) is 3.59. The van der Waals surface area contributed by atoms with E-state index in [0.29, 0.717) is 6.04 Å². The maximum absolute atomic E-state index is 5.95. The molecule has 0 amide bonds. The van der Waals surface area contributed by atoms with Crippen LogP contribution in [0.2, 0.25) is 0 Å². The van der Waals surface area contributed by atoms with Crippen molar-refractivity contribution in [2.24, 2.45) is 11.7 Å². The fourth-order valence-corrected chi connectivity index (χ4v) is 2.65. The first-order valence-electron chi connectivity index (χ1n) is 5.97. The second-order valence-electron chi connectivity index (χ2n) is 4.84. The first kappa shape index (κ1) is 10.7. The Morgan fingerprint density at radius 2 is 2.20 bits per heavy atom.